The van der Waals surface area contributed by atoms with Gasteiger partial charge in [-0.25, -0.2) is 4.90 Å². The van der Waals surface area contributed by atoms with E-state index in [4.69, 9.17) is 4.74 Å². The van der Waals surface area contributed by atoms with Crippen LogP contribution in [0.3, 0.4) is 0 Å². The molecule has 6 atom stereocenters. The minimum absolute atomic E-state index is 0.0464. The Morgan fingerprint density at radius 3 is 2.10 bits per heavy atom. The largest absolute Gasteiger partial charge is 0.504 e. The molecule has 8 rings (SSSR count). The molecule has 2 saturated heterocycles. The number of amides is 4. The third-order valence-electron chi connectivity index (χ3n) is 11.0. The van der Waals surface area contributed by atoms with Gasteiger partial charge >= 0.3 is 0 Å². The Bertz CT molecular complexity index is 2030. The highest BCUT2D eigenvalue weighted by Crippen LogP contribution is 2.64. The number of imide groups is 2. The molecule has 9 nitrogen and oxygen atoms in total. The fourth-order valence-electron chi connectivity index (χ4n) is 8.73. The molecule has 4 aromatic rings. The van der Waals surface area contributed by atoms with Gasteiger partial charge in [-0.05, 0) is 91.9 Å². The maximum absolute atomic E-state index is 14.5. The molecule has 0 bridgehead atoms. The normalized spacial score (nSPS) is 27.4. The summed E-state index contributed by atoms with van der Waals surface area (Å²) in [6, 6.07) is 30.8. The van der Waals surface area contributed by atoms with Crippen molar-refractivity contribution in [1.82, 2.24) is 0 Å². The van der Waals surface area contributed by atoms with Gasteiger partial charge in [0, 0.05) is 17.3 Å². The molecule has 2 aliphatic heterocycles. The lowest BCUT2D eigenvalue weighted by Gasteiger charge is -2.49. The number of aromatic hydroxyl groups is 1. The number of benzene rings is 4. The number of nitrogens with one attached hydrogen (secondary N) is 1. The van der Waals surface area contributed by atoms with E-state index < -0.39 is 35.0 Å². The molecule has 9 heteroatoms. The zero-order valence-corrected chi connectivity index (χ0v) is 27.1. The van der Waals surface area contributed by atoms with Crippen molar-refractivity contribution in [3.63, 3.8) is 0 Å². The summed E-state index contributed by atoms with van der Waals surface area (Å²) in [6.07, 6.45) is 2.61. The summed E-state index contributed by atoms with van der Waals surface area (Å²) in [6.45, 7) is 1.84. The highest BCUT2D eigenvalue weighted by atomic mass is 16.5. The van der Waals surface area contributed by atoms with Crippen molar-refractivity contribution in [2.45, 2.75) is 25.7 Å². The number of phenols is 1. The fraction of sp³-hybridized carbons (Fsp3) is 0.250. The van der Waals surface area contributed by atoms with E-state index in [9.17, 15) is 24.3 Å². The van der Waals surface area contributed by atoms with Crippen molar-refractivity contribution in [2.24, 2.45) is 29.1 Å². The standard InChI is InChI=1S/C40H35N3O6/c1-40-31(37(46)43(39(40)48)26-11-7-4-8-12-26)22-30-28(35(40)23-13-20-32(44)33(21-23)49-2)18-19-29-34(30)38(47)42(36(29)45)27-16-14-25(15-17-27)41-24-9-5-3-6-10-24/h3-18,20-21,29-31,34-35,41,44H,19,22H2,1-2H3/t29-,30+,31-,34-,35-,40+/m0/s1. The Morgan fingerprint density at radius 1 is 0.755 bits per heavy atom. The van der Waals surface area contributed by atoms with Crippen LogP contribution in [0.4, 0.5) is 22.7 Å². The number of carbonyl (C=O) groups excluding carboxylic acids is 4. The second kappa shape index (κ2) is 11.5. The Morgan fingerprint density at radius 2 is 1.41 bits per heavy atom. The van der Waals surface area contributed by atoms with E-state index in [0.29, 0.717) is 23.4 Å². The smallest absolute Gasteiger partial charge is 0.241 e. The van der Waals surface area contributed by atoms with E-state index in [-0.39, 0.29) is 41.5 Å². The zero-order chi connectivity index (χ0) is 34.0. The minimum Gasteiger partial charge on any atom is -0.504 e. The number of carbonyl (C=O) groups is 4. The summed E-state index contributed by atoms with van der Waals surface area (Å²) >= 11 is 0. The van der Waals surface area contributed by atoms with E-state index in [0.717, 1.165) is 16.9 Å². The van der Waals surface area contributed by atoms with Crippen LogP contribution in [-0.2, 0) is 19.2 Å². The molecule has 246 valence electrons. The molecule has 4 aliphatic rings. The van der Waals surface area contributed by atoms with Gasteiger partial charge in [0.25, 0.3) is 0 Å². The first kappa shape index (κ1) is 30.6. The van der Waals surface area contributed by atoms with Gasteiger partial charge in [-0.3, -0.25) is 24.1 Å². The number of hydrogen-bond acceptors (Lipinski definition) is 7. The lowest BCUT2D eigenvalue weighted by Crippen LogP contribution is -2.48. The van der Waals surface area contributed by atoms with Crippen LogP contribution in [0.2, 0.25) is 0 Å². The van der Waals surface area contributed by atoms with Gasteiger partial charge in [-0.2, -0.15) is 0 Å². The lowest BCUT2D eigenvalue weighted by atomic mass is 9.51. The van der Waals surface area contributed by atoms with Gasteiger partial charge in [-0.1, -0.05) is 54.1 Å². The molecule has 2 N–H and O–H groups in total. The van der Waals surface area contributed by atoms with E-state index in [1.165, 1.54) is 23.0 Å². The first-order chi connectivity index (χ1) is 23.7. The third kappa shape index (κ3) is 4.59. The summed E-state index contributed by atoms with van der Waals surface area (Å²) in [4.78, 5) is 59.9. The lowest BCUT2D eigenvalue weighted by molar-refractivity contribution is -0.131. The van der Waals surface area contributed by atoms with Crippen molar-refractivity contribution in [3.8, 4) is 11.5 Å². The first-order valence-corrected chi connectivity index (χ1v) is 16.5. The zero-order valence-electron chi connectivity index (χ0n) is 27.1. The van der Waals surface area contributed by atoms with Crippen LogP contribution in [0.5, 0.6) is 11.5 Å². The number of phenolic OH excluding ortho intramolecular Hbond substituents is 1. The third-order valence-corrected chi connectivity index (χ3v) is 11.0. The number of anilines is 4. The predicted octanol–water partition coefficient (Wildman–Crippen LogP) is 6.58. The number of methoxy groups -OCH3 is 1. The average Bonchev–Trinajstić information content (AvgIpc) is 3.49. The van der Waals surface area contributed by atoms with Gasteiger partial charge in [0.2, 0.25) is 23.6 Å². The highest BCUT2D eigenvalue weighted by molar-refractivity contribution is 6.25. The molecule has 4 amide bonds. The summed E-state index contributed by atoms with van der Waals surface area (Å²) in [5.74, 6) is -4.05. The minimum atomic E-state index is -1.18. The van der Waals surface area contributed by atoms with Gasteiger partial charge in [0.15, 0.2) is 11.5 Å². The molecule has 0 radical (unpaired) electrons. The van der Waals surface area contributed by atoms with E-state index in [1.54, 1.807) is 48.5 Å². The molecule has 49 heavy (non-hydrogen) atoms. The van der Waals surface area contributed by atoms with Gasteiger partial charge in [0.1, 0.15) is 0 Å². The Balaban J connectivity index is 1.18. The number of allylic oxidation sites excluding steroid dienone is 2. The Hall–Kier alpha value is -5.70. The molecule has 0 aromatic heterocycles. The molecule has 2 aliphatic carbocycles. The summed E-state index contributed by atoms with van der Waals surface area (Å²) in [5.41, 5.74) is 3.11. The molecule has 4 aromatic carbocycles. The van der Waals surface area contributed by atoms with E-state index >= 15 is 0 Å². The Labute approximate surface area is 283 Å². The Kier molecular flexibility index (Phi) is 7.17. The average molecular weight is 654 g/mol. The van der Waals surface area contributed by atoms with Crippen molar-refractivity contribution in [2.75, 3.05) is 22.2 Å². The molecular formula is C40H35N3O6. The van der Waals surface area contributed by atoms with Crippen LogP contribution in [0.15, 0.2) is 115 Å². The van der Waals surface area contributed by atoms with Gasteiger partial charge in [0.05, 0.1) is 41.7 Å². The van der Waals surface area contributed by atoms with Crippen LogP contribution in [-0.4, -0.2) is 35.8 Å². The number of nitrogens with zero attached hydrogens (tertiary/aromatic N) is 2. The van der Waals surface area contributed by atoms with Crippen molar-refractivity contribution in [3.05, 3.63) is 120 Å². The summed E-state index contributed by atoms with van der Waals surface area (Å²) in [7, 11) is 1.46. The second-order valence-corrected chi connectivity index (χ2v) is 13.5. The monoisotopic (exact) mass is 653 g/mol. The van der Waals surface area contributed by atoms with Crippen LogP contribution < -0.4 is 19.9 Å². The molecule has 1 saturated carbocycles. The van der Waals surface area contributed by atoms with Gasteiger partial charge in [-0.15, -0.1) is 0 Å². The number of hydrogen-bond donors (Lipinski definition) is 2. The fourth-order valence-corrected chi connectivity index (χ4v) is 8.73. The van der Waals surface area contributed by atoms with Crippen LogP contribution in [0.1, 0.15) is 31.2 Å². The molecule has 3 fully saturated rings. The van der Waals surface area contributed by atoms with Crippen molar-refractivity contribution >= 4 is 46.4 Å². The quantitative estimate of drug-likeness (QED) is 0.178. The second-order valence-electron chi connectivity index (χ2n) is 13.5. The van der Waals surface area contributed by atoms with Crippen molar-refractivity contribution < 1.29 is 29.0 Å². The maximum atomic E-state index is 14.5. The maximum Gasteiger partial charge on any atom is 0.241 e. The predicted molar refractivity (Wildman–Crippen MR) is 184 cm³/mol. The highest BCUT2D eigenvalue weighted by Gasteiger charge is 2.67. The van der Waals surface area contributed by atoms with E-state index in [2.05, 4.69) is 5.32 Å². The number of para-hydroxylation sites is 2. The molecule has 2 heterocycles. The van der Waals surface area contributed by atoms with Crippen molar-refractivity contribution in [1.29, 1.82) is 0 Å². The number of fused-ring (bicyclic) bond motifs is 4. The SMILES string of the molecule is COc1cc([C@H]2C3=CC[C@@H]4C(=O)N(c5ccc(Nc6ccccc6)cc5)C(=O)[C@@H]4[C@@H]3C[C@H]3C(=O)N(c4ccccc4)C(=O)[C@@]23C)ccc1O. The number of rotatable bonds is 6. The topological polar surface area (TPSA) is 116 Å². The van der Waals surface area contributed by atoms with E-state index in [1.807, 2.05) is 61.5 Å². The molecule has 0 spiro atoms. The summed E-state index contributed by atoms with van der Waals surface area (Å²) in [5, 5.41) is 13.8. The number of ether oxygens (including phenoxy) is 1. The van der Waals surface area contributed by atoms with Crippen LogP contribution in [0, 0.1) is 29.1 Å². The van der Waals surface area contributed by atoms with Crippen LogP contribution >= 0.6 is 0 Å². The first-order valence-electron chi connectivity index (χ1n) is 16.5. The molecular weight excluding hydrogens is 618 g/mol. The van der Waals surface area contributed by atoms with Crippen LogP contribution in [0.25, 0.3) is 0 Å². The van der Waals surface area contributed by atoms with Gasteiger partial charge < -0.3 is 15.2 Å². The summed E-state index contributed by atoms with van der Waals surface area (Å²) < 4.78 is 5.46. The molecule has 0 unspecified atom stereocenters.